The number of ether oxygens (including phenoxy) is 1. The normalized spacial score (nSPS) is 15.2. The van der Waals surface area contributed by atoms with Crippen LogP contribution in [0, 0.1) is 0 Å². The summed E-state index contributed by atoms with van der Waals surface area (Å²) in [5.74, 6) is -1.16. The monoisotopic (exact) mass is 272 g/mol. The Labute approximate surface area is 104 Å². The van der Waals surface area contributed by atoms with Crippen LogP contribution in [0.4, 0.5) is 5.82 Å². The second kappa shape index (κ2) is 4.45. The predicted molar refractivity (Wildman–Crippen MR) is 63.3 cm³/mol. The molecule has 7 nitrogen and oxygen atoms in total. The highest BCUT2D eigenvalue weighted by Crippen LogP contribution is 2.28. The van der Waals surface area contributed by atoms with E-state index in [0.29, 0.717) is 5.75 Å². The van der Waals surface area contributed by atoms with Crippen molar-refractivity contribution >= 4 is 21.8 Å². The summed E-state index contributed by atoms with van der Waals surface area (Å²) in [6.45, 7) is 0. The molecule has 1 aliphatic rings. The molecule has 0 radical (unpaired) electrons. The minimum atomic E-state index is -3.57. The zero-order valence-electron chi connectivity index (χ0n) is 9.58. The van der Waals surface area contributed by atoms with Gasteiger partial charge in [-0.15, -0.1) is 0 Å². The van der Waals surface area contributed by atoms with Gasteiger partial charge in [0.15, 0.2) is 5.82 Å². The van der Waals surface area contributed by atoms with Gasteiger partial charge in [-0.25, -0.2) is 18.2 Å². The Bertz CT molecular complexity index is 580. The first-order chi connectivity index (χ1) is 8.35. The number of aromatic nitrogens is 1. The van der Waals surface area contributed by atoms with Crippen LogP contribution in [0.25, 0.3) is 0 Å². The SMILES string of the molecule is CS(=O)(=O)Nc1ncc(OC2CC2)cc1C(=O)O. The van der Waals surface area contributed by atoms with Crippen molar-refractivity contribution in [3.05, 3.63) is 17.8 Å². The van der Waals surface area contributed by atoms with E-state index >= 15 is 0 Å². The maximum absolute atomic E-state index is 11.1. The van der Waals surface area contributed by atoms with Gasteiger partial charge in [-0.3, -0.25) is 4.72 Å². The smallest absolute Gasteiger partial charge is 0.339 e. The maximum atomic E-state index is 11.1. The van der Waals surface area contributed by atoms with Gasteiger partial charge < -0.3 is 9.84 Å². The van der Waals surface area contributed by atoms with Gasteiger partial charge in [0.1, 0.15) is 11.3 Å². The minimum Gasteiger partial charge on any atom is -0.489 e. The van der Waals surface area contributed by atoms with Crippen LogP contribution < -0.4 is 9.46 Å². The second-order valence-electron chi connectivity index (χ2n) is 4.06. The summed E-state index contributed by atoms with van der Waals surface area (Å²) >= 11 is 0. The lowest BCUT2D eigenvalue weighted by Crippen LogP contribution is -2.15. The van der Waals surface area contributed by atoms with E-state index in [2.05, 4.69) is 9.71 Å². The first kappa shape index (κ1) is 12.6. The van der Waals surface area contributed by atoms with Crippen LogP contribution in [0.3, 0.4) is 0 Å². The summed E-state index contributed by atoms with van der Waals surface area (Å²) in [7, 11) is -3.57. The van der Waals surface area contributed by atoms with Gasteiger partial charge >= 0.3 is 5.97 Å². The van der Waals surface area contributed by atoms with Crippen molar-refractivity contribution in [2.75, 3.05) is 11.0 Å². The average Bonchev–Trinajstić information content (AvgIpc) is 3.01. The van der Waals surface area contributed by atoms with Gasteiger partial charge in [0, 0.05) is 6.07 Å². The summed E-state index contributed by atoms with van der Waals surface area (Å²) in [6, 6.07) is 1.27. The number of carboxylic acids is 1. The van der Waals surface area contributed by atoms with E-state index in [1.54, 1.807) is 0 Å². The van der Waals surface area contributed by atoms with Gasteiger partial charge in [0.2, 0.25) is 10.0 Å². The summed E-state index contributed by atoms with van der Waals surface area (Å²) in [5, 5.41) is 9.01. The van der Waals surface area contributed by atoms with Crippen molar-refractivity contribution in [3.63, 3.8) is 0 Å². The topological polar surface area (TPSA) is 106 Å². The summed E-state index contributed by atoms with van der Waals surface area (Å²) in [6.07, 6.45) is 4.21. The number of aromatic carboxylic acids is 1. The third kappa shape index (κ3) is 3.33. The quantitative estimate of drug-likeness (QED) is 0.817. The molecule has 18 heavy (non-hydrogen) atoms. The molecule has 1 aromatic heterocycles. The van der Waals surface area contributed by atoms with Crippen molar-refractivity contribution in [1.82, 2.24) is 4.98 Å². The van der Waals surface area contributed by atoms with Crippen LogP contribution in [-0.2, 0) is 10.0 Å². The number of nitrogens with zero attached hydrogens (tertiary/aromatic N) is 1. The van der Waals surface area contributed by atoms with E-state index in [0.717, 1.165) is 19.1 Å². The molecule has 0 amide bonds. The predicted octanol–water partition coefficient (Wildman–Crippen LogP) is 0.692. The molecule has 98 valence electrons. The van der Waals surface area contributed by atoms with Crippen molar-refractivity contribution in [2.45, 2.75) is 18.9 Å². The number of hydrogen-bond acceptors (Lipinski definition) is 5. The van der Waals surface area contributed by atoms with Crippen molar-refractivity contribution in [3.8, 4) is 5.75 Å². The van der Waals surface area contributed by atoms with Crippen LogP contribution in [0.2, 0.25) is 0 Å². The molecule has 1 aromatic rings. The van der Waals surface area contributed by atoms with Gasteiger partial charge in [-0.1, -0.05) is 0 Å². The molecule has 0 saturated heterocycles. The highest BCUT2D eigenvalue weighted by molar-refractivity contribution is 7.92. The van der Waals surface area contributed by atoms with Crippen molar-refractivity contribution < 1.29 is 23.1 Å². The van der Waals surface area contributed by atoms with E-state index in [4.69, 9.17) is 9.84 Å². The van der Waals surface area contributed by atoms with Gasteiger partial charge in [0.05, 0.1) is 18.6 Å². The maximum Gasteiger partial charge on any atom is 0.339 e. The summed E-state index contributed by atoms with van der Waals surface area (Å²) in [5.41, 5.74) is -0.237. The zero-order valence-corrected chi connectivity index (χ0v) is 10.4. The summed E-state index contributed by atoms with van der Waals surface area (Å²) in [4.78, 5) is 14.8. The molecule has 2 rings (SSSR count). The lowest BCUT2D eigenvalue weighted by Gasteiger charge is -2.09. The molecule has 0 spiro atoms. The fraction of sp³-hybridized carbons (Fsp3) is 0.400. The third-order valence-corrected chi connectivity index (χ3v) is 2.77. The highest BCUT2D eigenvalue weighted by atomic mass is 32.2. The second-order valence-corrected chi connectivity index (χ2v) is 5.81. The number of anilines is 1. The molecule has 0 aliphatic heterocycles. The Morgan fingerprint density at radius 1 is 1.56 bits per heavy atom. The lowest BCUT2D eigenvalue weighted by molar-refractivity contribution is 0.0697. The fourth-order valence-electron chi connectivity index (χ4n) is 1.31. The van der Waals surface area contributed by atoms with E-state index in [1.807, 2.05) is 0 Å². The Kier molecular flexibility index (Phi) is 3.12. The Hall–Kier alpha value is -1.83. The average molecular weight is 272 g/mol. The number of rotatable bonds is 5. The first-order valence-corrected chi connectivity index (χ1v) is 7.12. The first-order valence-electron chi connectivity index (χ1n) is 5.23. The van der Waals surface area contributed by atoms with Crippen molar-refractivity contribution in [1.29, 1.82) is 0 Å². The van der Waals surface area contributed by atoms with E-state index in [1.165, 1.54) is 12.3 Å². The third-order valence-electron chi connectivity index (χ3n) is 2.20. The molecule has 0 aromatic carbocycles. The van der Waals surface area contributed by atoms with Crippen molar-refractivity contribution in [2.24, 2.45) is 0 Å². The van der Waals surface area contributed by atoms with Crippen LogP contribution >= 0.6 is 0 Å². The van der Waals surface area contributed by atoms with Crippen LogP contribution in [0.5, 0.6) is 5.75 Å². The standard InChI is InChI=1S/C10H12N2O5S/c1-18(15,16)12-9-8(10(13)14)4-7(5-11-9)17-6-2-3-6/h4-6H,2-3H2,1H3,(H,11,12)(H,13,14). The molecule has 0 unspecified atom stereocenters. The number of nitrogens with one attached hydrogen (secondary N) is 1. The highest BCUT2D eigenvalue weighted by Gasteiger charge is 2.24. The lowest BCUT2D eigenvalue weighted by atomic mass is 10.2. The molecular formula is C10H12N2O5S. The van der Waals surface area contributed by atoms with Crippen LogP contribution in [-0.4, -0.2) is 36.8 Å². The van der Waals surface area contributed by atoms with E-state index < -0.39 is 16.0 Å². The molecule has 1 heterocycles. The largest absolute Gasteiger partial charge is 0.489 e. The summed E-state index contributed by atoms with van der Waals surface area (Å²) < 4.78 is 29.6. The fourth-order valence-corrected chi connectivity index (χ4v) is 1.82. The molecule has 1 fully saturated rings. The van der Waals surface area contributed by atoms with Gasteiger partial charge in [0.25, 0.3) is 0 Å². The Morgan fingerprint density at radius 2 is 2.22 bits per heavy atom. The molecule has 1 saturated carbocycles. The number of pyridine rings is 1. The van der Waals surface area contributed by atoms with Gasteiger partial charge in [-0.05, 0) is 12.8 Å². The van der Waals surface area contributed by atoms with Crippen LogP contribution in [0.15, 0.2) is 12.3 Å². The zero-order chi connectivity index (χ0) is 13.3. The Morgan fingerprint density at radius 3 is 2.72 bits per heavy atom. The van der Waals surface area contributed by atoms with E-state index in [-0.39, 0.29) is 17.5 Å². The molecule has 0 atom stereocenters. The molecule has 1 aliphatic carbocycles. The Balaban J connectivity index is 2.31. The molecule has 2 N–H and O–H groups in total. The molecule has 0 bridgehead atoms. The number of hydrogen-bond donors (Lipinski definition) is 2. The number of carboxylic acid groups (broad SMARTS) is 1. The number of carbonyl (C=O) groups is 1. The molecule has 8 heteroatoms. The molecular weight excluding hydrogens is 260 g/mol. The van der Waals surface area contributed by atoms with E-state index in [9.17, 15) is 13.2 Å². The minimum absolute atomic E-state index is 0.113. The number of sulfonamides is 1. The van der Waals surface area contributed by atoms with Crippen LogP contribution in [0.1, 0.15) is 23.2 Å². The van der Waals surface area contributed by atoms with Gasteiger partial charge in [-0.2, -0.15) is 0 Å².